The van der Waals surface area contributed by atoms with Crippen molar-refractivity contribution in [1.82, 2.24) is 14.5 Å². The van der Waals surface area contributed by atoms with Crippen LogP contribution < -0.4 is 11.4 Å². The van der Waals surface area contributed by atoms with E-state index in [0.29, 0.717) is 17.5 Å². The molecule has 0 radical (unpaired) electrons. The summed E-state index contributed by atoms with van der Waals surface area (Å²) < 4.78 is 1.70. The zero-order valence-corrected chi connectivity index (χ0v) is 7.53. The van der Waals surface area contributed by atoms with Crippen molar-refractivity contribution in [3.8, 4) is 0 Å². The zero-order valence-electron chi connectivity index (χ0n) is 7.53. The van der Waals surface area contributed by atoms with E-state index in [-0.39, 0.29) is 5.69 Å². The van der Waals surface area contributed by atoms with Crippen LogP contribution in [0.4, 0.5) is 5.82 Å². The van der Waals surface area contributed by atoms with Gasteiger partial charge in [-0.1, -0.05) is 0 Å². The maximum atomic E-state index is 11.6. The highest BCUT2D eigenvalue weighted by molar-refractivity contribution is 5.72. The number of rotatable bonds is 1. The van der Waals surface area contributed by atoms with Gasteiger partial charge in [-0.05, 0) is 25.0 Å². The summed E-state index contributed by atoms with van der Waals surface area (Å²) in [4.78, 5) is 18.5. The first-order valence-corrected chi connectivity index (χ1v) is 4.62. The third-order valence-corrected chi connectivity index (χ3v) is 2.50. The Bertz CT molecular complexity index is 549. The van der Waals surface area contributed by atoms with Crippen molar-refractivity contribution in [2.75, 3.05) is 5.73 Å². The highest BCUT2D eigenvalue weighted by Gasteiger charge is 2.27. The van der Waals surface area contributed by atoms with E-state index in [1.54, 1.807) is 16.7 Å². The Hall–Kier alpha value is -1.78. The fourth-order valence-electron chi connectivity index (χ4n) is 1.69. The first-order chi connectivity index (χ1) is 6.75. The molecule has 3 rings (SSSR count). The van der Waals surface area contributed by atoms with Crippen LogP contribution in [-0.2, 0) is 0 Å². The number of nitrogens with two attached hydrogens (primary N) is 1. The van der Waals surface area contributed by atoms with Crippen molar-refractivity contribution in [2.24, 2.45) is 0 Å². The number of H-pyrrole nitrogens is 1. The molecule has 1 aliphatic carbocycles. The first-order valence-electron chi connectivity index (χ1n) is 4.62. The Morgan fingerprint density at radius 3 is 3.00 bits per heavy atom. The van der Waals surface area contributed by atoms with Crippen LogP contribution in [0.15, 0.2) is 16.9 Å². The molecule has 0 bridgehead atoms. The second kappa shape index (κ2) is 2.37. The summed E-state index contributed by atoms with van der Waals surface area (Å²) in [5.74, 6) is 0.450. The number of aromatic nitrogens is 3. The number of anilines is 1. The average Bonchev–Trinajstić information content (AvgIpc) is 2.90. The van der Waals surface area contributed by atoms with Gasteiger partial charge in [-0.25, -0.2) is 9.78 Å². The number of nitrogens with one attached hydrogen (secondary N) is 1. The van der Waals surface area contributed by atoms with Crippen LogP contribution in [0.5, 0.6) is 0 Å². The van der Waals surface area contributed by atoms with Crippen LogP contribution in [0.1, 0.15) is 18.9 Å². The lowest BCUT2D eigenvalue weighted by molar-refractivity contribution is 0.726. The second-order valence-corrected chi connectivity index (χ2v) is 3.64. The van der Waals surface area contributed by atoms with Crippen molar-refractivity contribution in [1.29, 1.82) is 0 Å². The molecule has 5 nitrogen and oxygen atoms in total. The van der Waals surface area contributed by atoms with E-state index in [1.165, 1.54) is 0 Å². The van der Waals surface area contributed by atoms with Crippen molar-refractivity contribution in [3.05, 3.63) is 22.6 Å². The molecule has 72 valence electrons. The normalized spacial score (nSPS) is 16.3. The zero-order chi connectivity index (χ0) is 9.71. The summed E-state index contributed by atoms with van der Waals surface area (Å²) in [6, 6.07) is 3.80. The van der Waals surface area contributed by atoms with E-state index in [1.807, 2.05) is 0 Å². The molecule has 0 spiro atoms. The molecule has 1 saturated carbocycles. The number of hydrogen-bond donors (Lipinski definition) is 2. The summed E-state index contributed by atoms with van der Waals surface area (Å²) in [5.41, 5.74) is 6.94. The molecule has 2 heterocycles. The molecule has 2 aromatic heterocycles. The van der Waals surface area contributed by atoms with E-state index in [0.717, 1.165) is 18.4 Å². The number of aromatic amines is 1. The van der Waals surface area contributed by atoms with Crippen LogP contribution >= 0.6 is 0 Å². The van der Waals surface area contributed by atoms with Gasteiger partial charge in [0, 0.05) is 6.04 Å². The van der Waals surface area contributed by atoms with Gasteiger partial charge in [0.1, 0.15) is 5.82 Å². The average molecular weight is 190 g/mol. The van der Waals surface area contributed by atoms with E-state index in [2.05, 4.69) is 9.97 Å². The van der Waals surface area contributed by atoms with Crippen molar-refractivity contribution in [2.45, 2.75) is 18.9 Å². The molecule has 1 aliphatic rings. The minimum absolute atomic E-state index is 0.0828. The van der Waals surface area contributed by atoms with Crippen molar-refractivity contribution >= 4 is 17.0 Å². The molecule has 0 unspecified atom stereocenters. The maximum absolute atomic E-state index is 11.6. The summed E-state index contributed by atoms with van der Waals surface area (Å²) in [5, 5.41) is 0. The molecular weight excluding hydrogens is 180 g/mol. The number of nitrogens with zero attached hydrogens (tertiary/aromatic N) is 2. The minimum atomic E-state index is -0.0828. The van der Waals surface area contributed by atoms with E-state index in [4.69, 9.17) is 5.73 Å². The Labute approximate surface area is 79.6 Å². The number of imidazole rings is 1. The molecule has 14 heavy (non-hydrogen) atoms. The molecule has 0 atom stereocenters. The maximum Gasteiger partial charge on any atom is 0.327 e. The van der Waals surface area contributed by atoms with Crippen LogP contribution in [-0.4, -0.2) is 14.5 Å². The van der Waals surface area contributed by atoms with Crippen molar-refractivity contribution in [3.63, 3.8) is 0 Å². The van der Waals surface area contributed by atoms with Gasteiger partial charge in [-0.3, -0.25) is 4.57 Å². The number of pyridine rings is 1. The lowest BCUT2D eigenvalue weighted by atomic mass is 10.4. The van der Waals surface area contributed by atoms with Crippen LogP contribution in [0, 0.1) is 0 Å². The molecule has 2 aromatic rings. The molecule has 3 N–H and O–H groups in total. The summed E-state index contributed by atoms with van der Waals surface area (Å²) in [7, 11) is 0. The standard InChI is InChI=1S/C9H10N4O/c10-7-4-3-6-8(12-7)13(5-1-2-5)9(14)11-6/h3-5H,1-2H2,(H2,10,12)(H,11,14). The van der Waals surface area contributed by atoms with E-state index in [9.17, 15) is 4.79 Å². The molecule has 0 amide bonds. The predicted molar refractivity (Wildman–Crippen MR) is 53.0 cm³/mol. The second-order valence-electron chi connectivity index (χ2n) is 3.64. The number of hydrogen-bond acceptors (Lipinski definition) is 3. The fourth-order valence-corrected chi connectivity index (χ4v) is 1.69. The molecule has 0 aromatic carbocycles. The monoisotopic (exact) mass is 190 g/mol. The third kappa shape index (κ3) is 0.951. The van der Waals surface area contributed by atoms with E-state index >= 15 is 0 Å². The Morgan fingerprint density at radius 2 is 2.29 bits per heavy atom. The van der Waals surface area contributed by atoms with Gasteiger partial charge in [0.05, 0.1) is 5.52 Å². The summed E-state index contributed by atoms with van der Waals surface area (Å²) in [6.07, 6.45) is 2.12. The summed E-state index contributed by atoms with van der Waals surface area (Å²) >= 11 is 0. The molecule has 0 aliphatic heterocycles. The Morgan fingerprint density at radius 1 is 1.50 bits per heavy atom. The van der Waals surface area contributed by atoms with Gasteiger partial charge in [-0.2, -0.15) is 0 Å². The van der Waals surface area contributed by atoms with Crippen LogP contribution in [0.25, 0.3) is 11.2 Å². The fraction of sp³-hybridized carbons (Fsp3) is 0.333. The molecular formula is C9H10N4O. The topological polar surface area (TPSA) is 76.7 Å². The number of nitrogen functional groups attached to an aromatic ring is 1. The van der Waals surface area contributed by atoms with Gasteiger partial charge >= 0.3 is 5.69 Å². The van der Waals surface area contributed by atoms with Gasteiger partial charge < -0.3 is 10.7 Å². The quantitative estimate of drug-likeness (QED) is 0.692. The highest BCUT2D eigenvalue weighted by Crippen LogP contribution is 2.35. The third-order valence-electron chi connectivity index (χ3n) is 2.50. The minimum Gasteiger partial charge on any atom is -0.384 e. The largest absolute Gasteiger partial charge is 0.384 e. The predicted octanol–water partition coefficient (Wildman–Crippen LogP) is 0.642. The van der Waals surface area contributed by atoms with Crippen molar-refractivity contribution < 1.29 is 0 Å². The lowest BCUT2D eigenvalue weighted by Crippen LogP contribution is -2.15. The van der Waals surface area contributed by atoms with Gasteiger partial charge in [0.25, 0.3) is 0 Å². The molecule has 5 heteroatoms. The molecule has 1 fully saturated rings. The van der Waals surface area contributed by atoms with Crippen LogP contribution in [0.2, 0.25) is 0 Å². The smallest absolute Gasteiger partial charge is 0.327 e. The number of fused-ring (bicyclic) bond motifs is 1. The summed E-state index contributed by atoms with van der Waals surface area (Å²) in [6.45, 7) is 0. The van der Waals surface area contributed by atoms with Gasteiger partial charge in [0.2, 0.25) is 0 Å². The van der Waals surface area contributed by atoms with Gasteiger partial charge in [0.15, 0.2) is 5.65 Å². The lowest BCUT2D eigenvalue weighted by Gasteiger charge is -1.98. The molecule has 0 saturated heterocycles. The van der Waals surface area contributed by atoms with Gasteiger partial charge in [-0.15, -0.1) is 0 Å². The SMILES string of the molecule is Nc1ccc2[nH]c(=O)n(C3CC3)c2n1. The Balaban J connectivity index is 2.39. The highest BCUT2D eigenvalue weighted by atomic mass is 16.1. The Kier molecular flexibility index (Phi) is 1.29. The first kappa shape index (κ1) is 7.61. The van der Waals surface area contributed by atoms with Crippen LogP contribution in [0.3, 0.4) is 0 Å². The van der Waals surface area contributed by atoms with E-state index < -0.39 is 0 Å².